The van der Waals surface area contributed by atoms with Gasteiger partial charge in [-0.2, -0.15) is 0 Å². The molecule has 2 N–H and O–H groups in total. The maximum absolute atomic E-state index is 12.4. The van der Waals surface area contributed by atoms with Crippen molar-refractivity contribution in [1.29, 1.82) is 0 Å². The van der Waals surface area contributed by atoms with Gasteiger partial charge in [0.2, 0.25) is 5.91 Å². The summed E-state index contributed by atoms with van der Waals surface area (Å²) in [7, 11) is 0. The highest BCUT2D eigenvalue weighted by atomic mass is 35.5. The second kappa shape index (κ2) is 6.40. The van der Waals surface area contributed by atoms with Gasteiger partial charge in [-0.3, -0.25) is 4.79 Å². The summed E-state index contributed by atoms with van der Waals surface area (Å²) in [4.78, 5) is 14.3. The third kappa shape index (κ3) is 3.28. The van der Waals surface area contributed by atoms with Crippen LogP contribution in [0.5, 0.6) is 0 Å². The third-order valence-electron chi connectivity index (χ3n) is 3.69. The first kappa shape index (κ1) is 14.4. The second-order valence-electron chi connectivity index (χ2n) is 5.14. The number of carbonyl (C=O) groups excluding carboxylic acids is 1. The van der Waals surface area contributed by atoms with Crippen molar-refractivity contribution in [1.82, 2.24) is 4.90 Å². The van der Waals surface area contributed by atoms with E-state index in [0.29, 0.717) is 0 Å². The van der Waals surface area contributed by atoms with Crippen LogP contribution in [-0.4, -0.2) is 23.4 Å². The van der Waals surface area contributed by atoms with Crippen LogP contribution in [0.25, 0.3) is 0 Å². The molecule has 104 valence electrons. The summed E-state index contributed by atoms with van der Waals surface area (Å²) < 4.78 is 0. The minimum Gasteiger partial charge on any atom is -0.334 e. The number of halogens is 1. The van der Waals surface area contributed by atoms with Crippen molar-refractivity contribution in [3.05, 3.63) is 34.9 Å². The molecule has 1 fully saturated rings. The molecule has 1 aromatic rings. The Morgan fingerprint density at radius 3 is 3.05 bits per heavy atom. The van der Waals surface area contributed by atoms with E-state index in [1.54, 1.807) is 0 Å². The molecule has 1 unspecified atom stereocenters. The molecule has 0 radical (unpaired) electrons. The van der Waals surface area contributed by atoms with Crippen molar-refractivity contribution < 1.29 is 4.79 Å². The molecule has 1 aliphatic rings. The van der Waals surface area contributed by atoms with Gasteiger partial charge in [-0.25, -0.2) is 0 Å². The smallest absolute Gasteiger partial charge is 0.239 e. The van der Waals surface area contributed by atoms with E-state index in [1.165, 1.54) is 0 Å². The molecule has 1 heterocycles. The van der Waals surface area contributed by atoms with E-state index in [0.717, 1.165) is 42.8 Å². The van der Waals surface area contributed by atoms with Gasteiger partial charge in [-0.15, -0.1) is 0 Å². The Bertz CT molecular complexity index is 450. The summed E-state index contributed by atoms with van der Waals surface area (Å²) in [6.07, 6.45) is 3.70. The van der Waals surface area contributed by atoms with Gasteiger partial charge in [-0.05, 0) is 37.0 Å². The Morgan fingerprint density at radius 2 is 2.37 bits per heavy atom. The molecule has 0 aromatic heterocycles. The number of hydrogen-bond acceptors (Lipinski definition) is 2. The topological polar surface area (TPSA) is 46.3 Å². The van der Waals surface area contributed by atoms with Crippen LogP contribution in [0.1, 0.15) is 44.2 Å². The van der Waals surface area contributed by atoms with Crippen LogP contribution in [0.15, 0.2) is 24.3 Å². The van der Waals surface area contributed by atoms with Crippen molar-refractivity contribution in [2.75, 3.05) is 6.54 Å². The highest BCUT2D eigenvalue weighted by Crippen LogP contribution is 2.33. The van der Waals surface area contributed by atoms with E-state index in [1.807, 2.05) is 36.1 Å². The van der Waals surface area contributed by atoms with Crippen molar-refractivity contribution in [3.8, 4) is 0 Å². The molecule has 1 amide bonds. The molecule has 1 aliphatic heterocycles. The molecule has 0 bridgehead atoms. The van der Waals surface area contributed by atoms with Crippen molar-refractivity contribution >= 4 is 17.5 Å². The highest BCUT2D eigenvalue weighted by molar-refractivity contribution is 6.30. The predicted octanol–water partition coefficient (Wildman–Crippen LogP) is 3.13. The molecule has 4 heteroatoms. The number of nitrogens with zero attached hydrogens (tertiary/aromatic N) is 1. The maximum atomic E-state index is 12.4. The number of nitrogens with two attached hydrogens (primary N) is 1. The fraction of sp³-hybridized carbons (Fsp3) is 0.533. The zero-order chi connectivity index (χ0) is 13.8. The summed E-state index contributed by atoms with van der Waals surface area (Å²) in [6.45, 7) is 2.85. The first-order valence-corrected chi connectivity index (χ1v) is 7.32. The fourth-order valence-electron chi connectivity index (χ4n) is 2.74. The number of likely N-dealkylation sites (tertiary alicyclic amines) is 1. The molecular formula is C15H21ClN2O. The van der Waals surface area contributed by atoms with Crippen LogP contribution in [0, 0.1) is 0 Å². The Hall–Kier alpha value is -1.06. The summed E-state index contributed by atoms with van der Waals surface area (Å²) in [6, 6.07) is 7.54. The number of benzene rings is 1. The number of amides is 1. The van der Waals surface area contributed by atoms with Crippen molar-refractivity contribution in [2.45, 2.75) is 44.7 Å². The first-order chi connectivity index (χ1) is 9.13. The lowest BCUT2D eigenvalue weighted by molar-refractivity contribution is -0.133. The molecule has 0 spiro atoms. The van der Waals surface area contributed by atoms with Crippen LogP contribution < -0.4 is 5.73 Å². The molecule has 1 saturated heterocycles. The van der Waals surface area contributed by atoms with Gasteiger partial charge in [-0.1, -0.05) is 37.1 Å². The standard InChI is InChI=1S/C15H21ClN2O/c1-2-5-13(17)15(19)18-9-4-8-14(18)11-6-3-7-12(16)10-11/h3,6-7,10,13-14H,2,4-5,8-9,17H2,1H3/t13-,14?/m1/s1. The van der Waals surface area contributed by atoms with Crippen molar-refractivity contribution in [2.24, 2.45) is 5.73 Å². The molecule has 1 aromatic carbocycles. The quantitative estimate of drug-likeness (QED) is 0.921. The van der Waals surface area contributed by atoms with Gasteiger partial charge in [0.05, 0.1) is 12.1 Å². The maximum Gasteiger partial charge on any atom is 0.239 e. The zero-order valence-electron chi connectivity index (χ0n) is 11.3. The summed E-state index contributed by atoms with van der Waals surface area (Å²) in [5.74, 6) is 0.0734. The van der Waals surface area contributed by atoms with Gasteiger partial charge in [0, 0.05) is 11.6 Å². The highest BCUT2D eigenvalue weighted by Gasteiger charge is 2.32. The SMILES string of the molecule is CCC[C@@H](N)C(=O)N1CCCC1c1cccc(Cl)c1. The van der Waals surface area contributed by atoms with Gasteiger partial charge >= 0.3 is 0 Å². The van der Waals surface area contributed by atoms with Gasteiger partial charge in [0.1, 0.15) is 0 Å². The van der Waals surface area contributed by atoms with Crippen LogP contribution in [-0.2, 0) is 4.79 Å². The van der Waals surface area contributed by atoms with Gasteiger partial charge < -0.3 is 10.6 Å². The molecular weight excluding hydrogens is 260 g/mol. The van der Waals surface area contributed by atoms with E-state index in [4.69, 9.17) is 17.3 Å². The van der Waals surface area contributed by atoms with E-state index >= 15 is 0 Å². The molecule has 19 heavy (non-hydrogen) atoms. The minimum absolute atomic E-state index is 0.0734. The lowest BCUT2D eigenvalue weighted by atomic mass is 10.0. The molecule has 3 nitrogen and oxygen atoms in total. The van der Waals surface area contributed by atoms with Crippen LogP contribution in [0.4, 0.5) is 0 Å². The average molecular weight is 281 g/mol. The number of rotatable bonds is 4. The molecule has 2 atom stereocenters. The molecule has 0 saturated carbocycles. The molecule has 0 aliphatic carbocycles. The Kier molecular flexibility index (Phi) is 4.83. The molecule has 2 rings (SSSR count). The summed E-state index contributed by atoms with van der Waals surface area (Å²) in [5, 5.41) is 0.717. The van der Waals surface area contributed by atoms with Crippen LogP contribution >= 0.6 is 11.6 Å². The lowest BCUT2D eigenvalue weighted by Crippen LogP contribution is -2.43. The summed E-state index contributed by atoms with van der Waals surface area (Å²) >= 11 is 6.03. The zero-order valence-corrected chi connectivity index (χ0v) is 12.1. The summed E-state index contributed by atoms with van der Waals surface area (Å²) in [5.41, 5.74) is 7.07. The van der Waals surface area contributed by atoms with E-state index in [2.05, 4.69) is 0 Å². The number of hydrogen-bond donors (Lipinski definition) is 1. The number of carbonyl (C=O) groups is 1. The third-order valence-corrected chi connectivity index (χ3v) is 3.92. The Labute approximate surface area is 119 Å². The monoisotopic (exact) mass is 280 g/mol. The van der Waals surface area contributed by atoms with Crippen molar-refractivity contribution in [3.63, 3.8) is 0 Å². The Balaban J connectivity index is 2.15. The lowest BCUT2D eigenvalue weighted by Gasteiger charge is -2.27. The van der Waals surface area contributed by atoms with Crippen LogP contribution in [0.2, 0.25) is 5.02 Å². The first-order valence-electron chi connectivity index (χ1n) is 6.95. The van der Waals surface area contributed by atoms with E-state index in [9.17, 15) is 4.79 Å². The predicted molar refractivity (Wildman–Crippen MR) is 78.0 cm³/mol. The van der Waals surface area contributed by atoms with Gasteiger partial charge in [0.25, 0.3) is 0 Å². The second-order valence-corrected chi connectivity index (χ2v) is 5.58. The average Bonchev–Trinajstić information content (AvgIpc) is 2.87. The van der Waals surface area contributed by atoms with E-state index in [-0.39, 0.29) is 18.0 Å². The minimum atomic E-state index is -0.371. The Morgan fingerprint density at radius 1 is 1.58 bits per heavy atom. The van der Waals surface area contributed by atoms with E-state index < -0.39 is 0 Å². The normalized spacial score (nSPS) is 20.6. The van der Waals surface area contributed by atoms with Gasteiger partial charge in [0.15, 0.2) is 0 Å². The largest absolute Gasteiger partial charge is 0.334 e. The fourth-order valence-corrected chi connectivity index (χ4v) is 2.94. The van der Waals surface area contributed by atoms with Crippen LogP contribution in [0.3, 0.4) is 0 Å².